The van der Waals surface area contributed by atoms with Crippen molar-refractivity contribution in [3.8, 4) is 12.1 Å². The molecule has 0 aliphatic carbocycles. The maximum atomic E-state index is 12.7. The highest BCUT2D eigenvalue weighted by molar-refractivity contribution is 5.96. The lowest BCUT2D eigenvalue weighted by Crippen LogP contribution is -2.27. The molecule has 0 atom stereocenters. The zero-order valence-electron chi connectivity index (χ0n) is 18.6. The van der Waals surface area contributed by atoms with Gasteiger partial charge in [0.15, 0.2) is 5.82 Å². The molecule has 0 bridgehead atoms. The Morgan fingerprint density at radius 2 is 1.84 bits per heavy atom. The minimum atomic E-state index is -0.656. The highest BCUT2D eigenvalue weighted by atomic mass is 16.6. The Bertz CT molecular complexity index is 1160. The third-order valence-electron chi connectivity index (χ3n) is 4.95. The van der Waals surface area contributed by atoms with E-state index in [4.69, 9.17) is 4.74 Å². The molecule has 3 rings (SSSR count). The number of rotatable bonds is 3. The number of hydrogen-bond donors (Lipinski definition) is 2. The fraction of sp³-hybridized carbons (Fsp3) is 0.391. The summed E-state index contributed by atoms with van der Waals surface area (Å²) in [5.41, 5.74) is 3.14. The van der Waals surface area contributed by atoms with Crippen LogP contribution >= 0.6 is 0 Å². The molecule has 2 aromatic rings. The van der Waals surface area contributed by atoms with Crippen LogP contribution in [-0.4, -0.2) is 28.0 Å². The van der Waals surface area contributed by atoms with E-state index in [-0.39, 0.29) is 0 Å². The summed E-state index contributed by atoms with van der Waals surface area (Å²) >= 11 is 0. The number of ether oxygens (including phenoxy) is 1. The van der Waals surface area contributed by atoms with Crippen LogP contribution in [0.1, 0.15) is 53.0 Å². The normalized spacial score (nSPS) is 14.8. The highest BCUT2D eigenvalue weighted by Crippen LogP contribution is 2.39. The predicted octanol–water partition coefficient (Wildman–Crippen LogP) is 4.53. The summed E-state index contributed by atoms with van der Waals surface area (Å²) in [6.45, 7) is 11.6. The topological polar surface area (TPSA) is 116 Å². The molecular formula is C23H26N6O2. The SMILES string of the molecule is CCNc1nn(C(=O)OC(C)(C)C)c2ccc(C3C(C#N)=C(C)NC(C)=C3C#N)cc12. The van der Waals surface area contributed by atoms with Gasteiger partial charge >= 0.3 is 6.09 Å². The van der Waals surface area contributed by atoms with Crippen molar-refractivity contribution in [3.05, 3.63) is 46.3 Å². The smallest absolute Gasteiger partial charge is 0.435 e. The summed E-state index contributed by atoms with van der Waals surface area (Å²) in [6.07, 6.45) is -0.571. The summed E-state index contributed by atoms with van der Waals surface area (Å²) in [4.78, 5) is 12.7. The third kappa shape index (κ3) is 4.10. The van der Waals surface area contributed by atoms with Crippen molar-refractivity contribution >= 4 is 22.8 Å². The molecule has 0 unspecified atom stereocenters. The molecule has 1 aliphatic rings. The lowest BCUT2D eigenvalue weighted by atomic mass is 9.81. The second kappa shape index (κ2) is 8.16. The molecule has 1 aromatic heterocycles. The molecule has 0 radical (unpaired) electrons. The van der Waals surface area contributed by atoms with Crippen molar-refractivity contribution in [1.29, 1.82) is 10.5 Å². The molecule has 1 aliphatic heterocycles. The summed E-state index contributed by atoms with van der Waals surface area (Å²) in [5, 5.41) is 31.0. The van der Waals surface area contributed by atoms with Crippen molar-refractivity contribution in [2.24, 2.45) is 0 Å². The van der Waals surface area contributed by atoms with Gasteiger partial charge in [-0.1, -0.05) is 6.07 Å². The number of nitriles is 2. The predicted molar refractivity (Wildman–Crippen MR) is 118 cm³/mol. The second-order valence-electron chi connectivity index (χ2n) is 8.41. The molecule has 160 valence electrons. The first kappa shape index (κ1) is 21.9. The van der Waals surface area contributed by atoms with Crippen LogP contribution in [0.2, 0.25) is 0 Å². The molecule has 2 heterocycles. The summed E-state index contributed by atoms with van der Waals surface area (Å²) < 4.78 is 6.73. The molecule has 0 amide bonds. The summed E-state index contributed by atoms with van der Waals surface area (Å²) in [5.74, 6) is 0.0533. The van der Waals surface area contributed by atoms with Crippen molar-refractivity contribution < 1.29 is 9.53 Å². The molecule has 0 saturated carbocycles. The zero-order valence-corrected chi connectivity index (χ0v) is 18.6. The van der Waals surface area contributed by atoms with Crippen molar-refractivity contribution in [1.82, 2.24) is 15.1 Å². The number of anilines is 1. The first-order valence-corrected chi connectivity index (χ1v) is 10.1. The van der Waals surface area contributed by atoms with E-state index in [1.807, 2.05) is 32.9 Å². The Kier molecular flexibility index (Phi) is 5.77. The first-order valence-electron chi connectivity index (χ1n) is 10.1. The van der Waals surface area contributed by atoms with E-state index in [9.17, 15) is 15.3 Å². The maximum absolute atomic E-state index is 12.7. The lowest BCUT2D eigenvalue weighted by molar-refractivity contribution is 0.0523. The number of fused-ring (bicyclic) bond motifs is 1. The van der Waals surface area contributed by atoms with E-state index in [1.54, 1.807) is 26.8 Å². The van der Waals surface area contributed by atoms with Gasteiger partial charge in [-0.2, -0.15) is 15.2 Å². The molecular weight excluding hydrogens is 392 g/mol. The number of nitrogens with zero attached hydrogens (tertiary/aromatic N) is 4. The van der Waals surface area contributed by atoms with Gasteiger partial charge < -0.3 is 15.4 Å². The van der Waals surface area contributed by atoms with Gasteiger partial charge in [0.2, 0.25) is 0 Å². The number of benzene rings is 1. The Labute approximate surface area is 181 Å². The maximum Gasteiger partial charge on any atom is 0.435 e. The Balaban J connectivity index is 2.20. The van der Waals surface area contributed by atoms with E-state index >= 15 is 0 Å². The van der Waals surface area contributed by atoms with Crippen LogP contribution in [0, 0.1) is 22.7 Å². The zero-order chi connectivity index (χ0) is 22.9. The number of dihydropyridines is 1. The van der Waals surface area contributed by atoms with Gasteiger partial charge in [0.25, 0.3) is 0 Å². The van der Waals surface area contributed by atoms with E-state index in [1.165, 1.54) is 4.68 Å². The molecule has 1 aromatic carbocycles. The van der Waals surface area contributed by atoms with Gasteiger partial charge in [-0.05, 0) is 59.2 Å². The van der Waals surface area contributed by atoms with Crippen LogP contribution in [0.3, 0.4) is 0 Å². The first-order chi connectivity index (χ1) is 14.6. The molecule has 0 spiro atoms. The van der Waals surface area contributed by atoms with Gasteiger partial charge in [-0.15, -0.1) is 5.10 Å². The van der Waals surface area contributed by atoms with Crippen molar-refractivity contribution in [2.45, 2.75) is 53.1 Å². The van der Waals surface area contributed by atoms with Crippen molar-refractivity contribution in [2.75, 3.05) is 11.9 Å². The van der Waals surface area contributed by atoms with E-state index in [0.717, 1.165) is 17.0 Å². The summed E-state index contributed by atoms with van der Waals surface area (Å²) in [6, 6.07) is 9.97. The minimum Gasteiger partial charge on any atom is -0.442 e. The molecule has 2 N–H and O–H groups in total. The van der Waals surface area contributed by atoms with Gasteiger partial charge in [-0.3, -0.25) is 0 Å². The fourth-order valence-electron chi connectivity index (χ4n) is 3.68. The second-order valence-corrected chi connectivity index (χ2v) is 8.41. The Hall–Kier alpha value is -3.78. The van der Waals surface area contributed by atoms with E-state index in [0.29, 0.717) is 34.4 Å². The Morgan fingerprint density at radius 3 is 2.35 bits per heavy atom. The molecule has 0 fully saturated rings. The average Bonchev–Trinajstić information content (AvgIpc) is 3.04. The number of carbonyl (C=O) groups is 1. The third-order valence-corrected chi connectivity index (χ3v) is 4.95. The van der Waals surface area contributed by atoms with E-state index < -0.39 is 17.6 Å². The van der Waals surface area contributed by atoms with Crippen LogP contribution in [0.5, 0.6) is 0 Å². The monoisotopic (exact) mass is 418 g/mol. The van der Waals surface area contributed by atoms with Gasteiger partial charge in [0, 0.05) is 23.3 Å². The average molecular weight is 419 g/mol. The van der Waals surface area contributed by atoms with E-state index in [2.05, 4.69) is 27.9 Å². The van der Waals surface area contributed by atoms with Crippen LogP contribution in [-0.2, 0) is 4.74 Å². The van der Waals surface area contributed by atoms with Gasteiger partial charge in [-0.25, -0.2) is 4.79 Å². The Morgan fingerprint density at radius 1 is 1.23 bits per heavy atom. The standard InChI is InChI=1S/C23H26N6O2/c1-7-26-21-16-10-15(20-17(11-24)13(2)27-14(3)18(20)12-25)8-9-19(16)29(28-21)22(30)31-23(4,5)6/h8-10,20,27H,7H2,1-6H3,(H,26,28). The molecule has 31 heavy (non-hydrogen) atoms. The number of aromatic nitrogens is 2. The van der Waals surface area contributed by atoms with Gasteiger partial charge in [0.1, 0.15) is 5.60 Å². The highest BCUT2D eigenvalue weighted by Gasteiger charge is 2.30. The fourth-order valence-corrected chi connectivity index (χ4v) is 3.68. The number of nitrogens with one attached hydrogen (secondary N) is 2. The summed E-state index contributed by atoms with van der Waals surface area (Å²) in [7, 11) is 0. The van der Waals surface area contributed by atoms with Crippen LogP contribution in [0.15, 0.2) is 40.7 Å². The quantitative estimate of drug-likeness (QED) is 0.752. The van der Waals surface area contributed by atoms with Gasteiger partial charge in [0.05, 0.1) is 34.7 Å². The number of allylic oxidation sites excluding steroid dienone is 4. The number of hydrogen-bond acceptors (Lipinski definition) is 7. The largest absolute Gasteiger partial charge is 0.442 e. The minimum absolute atomic E-state index is 0.486. The van der Waals surface area contributed by atoms with Crippen LogP contribution in [0.25, 0.3) is 10.9 Å². The molecule has 0 saturated heterocycles. The van der Waals surface area contributed by atoms with Crippen LogP contribution < -0.4 is 10.6 Å². The van der Waals surface area contributed by atoms with Crippen LogP contribution in [0.4, 0.5) is 10.6 Å². The number of carbonyl (C=O) groups excluding carboxylic acids is 1. The molecule has 8 heteroatoms. The van der Waals surface area contributed by atoms with Crippen molar-refractivity contribution in [3.63, 3.8) is 0 Å². The molecule has 8 nitrogen and oxygen atoms in total. The lowest BCUT2D eigenvalue weighted by Gasteiger charge is -2.26.